The number of esters is 1. The van der Waals surface area contributed by atoms with Crippen molar-refractivity contribution in [2.75, 3.05) is 6.61 Å². The Bertz CT molecular complexity index is 629. The molecule has 4 heteroatoms. The molecule has 0 aliphatic heterocycles. The fraction of sp³-hybridized carbons (Fsp3) is 0.438. The molecule has 108 valence electrons. The summed E-state index contributed by atoms with van der Waals surface area (Å²) in [6.45, 7) is 8.39. The molecule has 0 radical (unpaired) electrons. The highest BCUT2D eigenvalue weighted by molar-refractivity contribution is 5.92. The predicted molar refractivity (Wildman–Crippen MR) is 80.6 cm³/mol. The van der Waals surface area contributed by atoms with E-state index in [0.29, 0.717) is 12.6 Å². The predicted octanol–water partition coefficient (Wildman–Crippen LogP) is 3.09. The lowest BCUT2D eigenvalue weighted by Gasteiger charge is -2.10. The molecule has 1 aromatic heterocycles. The average Bonchev–Trinajstić information content (AvgIpc) is 2.79. The van der Waals surface area contributed by atoms with E-state index in [1.54, 1.807) is 6.92 Å². The number of rotatable bonds is 4. The van der Waals surface area contributed by atoms with Crippen LogP contribution in [0.2, 0.25) is 0 Å². The second-order valence-corrected chi connectivity index (χ2v) is 5.28. The summed E-state index contributed by atoms with van der Waals surface area (Å²) in [7, 11) is 0. The Morgan fingerprint density at radius 2 is 2.10 bits per heavy atom. The number of aromatic nitrogens is 1. The molecule has 0 amide bonds. The Labute approximate surface area is 119 Å². The van der Waals surface area contributed by atoms with Crippen molar-refractivity contribution < 1.29 is 9.53 Å². The van der Waals surface area contributed by atoms with Gasteiger partial charge in [0.15, 0.2) is 0 Å². The molecule has 1 atom stereocenters. The van der Waals surface area contributed by atoms with Gasteiger partial charge in [0.2, 0.25) is 0 Å². The first-order chi connectivity index (χ1) is 9.47. The second kappa shape index (κ2) is 5.67. The van der Waals surface area contributed by atoms with Crippen molar-refractivity contribution >= 4 is 16.9 Å². The summed E-state index contributed by atoms with van der Waals surface area (Å²) in [5.41, 5.74) is 9.15. The van der Waals surface area contributed by atoms with Crippen LogP contribution in [0.4, 0.5) is 0 Å². The fourth-order valence-corrected chi connectivity index (χ4v) is 2.55. The van der Waals surface area contributed by atoms with Crippen molar-refractivity contribution in [1.29, 1.82) is 0 Å². The summed E-state index contributed by atoms with van der Waals surface area (Å²) in [6.07, 6.45) is 1.98. The third-order valence-electron chi connectivity index (χ3n) is 3.53. The standard InChI is InChI=1S/C16H22N2O2/c1-5-20-16(19)15(17)12-9-18(10(2)3)13-8-6-7-11(4)14(12)13/h6-10,15H,5,17H2,1-4H3. The number of nitrogens with two attached hydrogens (primary N) is 1. The van der Waals surface area contributed by atoms with E-state index >= 15 is 0 Å². The summed E-state index contributed by atoms with van der Waals surface area (Å²) < 4.78 is 7.19. The number of hydrogen-bond donors (Lipinski definition) is 1. The Morgan fingerprint density at radius 3 is 2.70 bits per heavy atom. The first-order valence-electron chi connectivity index (χ1n) is 6.99. The molecule has 2 rings (SSSR count). The number of nitrogens with zero attached hydrogens (tertiary/aromatic N) is 1. The Hall–Kier alpha value is -1.81. The summed E-state index contributed by atoms with van der Waals surface area (Å²) in [6, 6.07) is 5.69. The maximum atomic E-state index is 11.9. The minimum absolute atomic E-state index is 0.308. The first kappa shape index (κ1) is 14.6. The van der Waals surface area contributed by atoms with E-state index in [-0.39, 0.29) is 5.97 Å². The topological polar surface area (TPSA) is 57.2 Å². The van der Waals surface area contributed by atoms with Gasteiger partial charge < -0.3 is 15.0 Å². The van der Waals surface area contributed by atoms with Crippen LogP contribution >= 0.6 is 0 Å². The van der Waals surface area contributed by atoms with Gasteiger partial charge in [0, 0.05) is 28.7 Å². The first-order valence-corrected chi connectivity index (χ1v) is 6.99. The van der Waals surface area contributed by atoms with Crippen LogP contribution in [0.1, 0.15) is 44.0 Å². The van der Waals surface area contributed by atoms with Crippen molar-refractivity contribution in [2.24, 2.45) is 5.73 Å². The van der Waals surface area contributed by atoms with E-state index in [0.717, 1.165) is 22.0 Å². The summed E-state index contributed by atoms with van der Waals surface area (Å²) in [5.74, 6) is -0.376. The SMILES string of the molecule is CCOC(=O)C(N)c1cn(C(C)C)c2cccc(C)c12. The molecule has 0 aliphatic carbocycles. The third-order valence-corrected chi connectivity index (χ3v) is 3.53. The zero-order valence-electron chi connectivity index (χ0n) is 12.5. The van der Waals surface area contributed by atoms with E-state index < -0.39 is 6.04 Å². The van der Waals surface area contributed by atoms with Crippen LogP contribution in [-0.2, 0) is 9.53 Å². The number of hydrogen-bond acceptors (Lipinski definition) is 3. The molecule has 0 saturated heterocycles. The second-order valence-electron chi connectivity index (χ2n) is 5.28. The monoisotopic (exact) mass is 274 g/mol. The van der Waals surface area contributed by atoms with E-state index in [2.05, 4.69) is 24.5 Å². The van der Waals surface area contributed by atoms with Gasteiger partial charge in [0.1, 0.15) is 6.04 Å². The fourth-order valence-electron chi connectivity index (χ4n) is 2.55. The number of aryl methyl sites for hydroxylation is 1. The maximum absolute atomic E-state index is 11.9. The Morgan fingerprint density at radius 1 is 1.40 bits per heavy atom. The van der Waals surface area contributed by atoms with Gasteiger partial charge in [-0.15, -0.1) is 0 Å². The number of benzene rings is 1. The third kappa shape index (κ3) is 2.43. The van der Waals surface area contributed by atoms with Gasteiger partial charge in [-0.2, -0.15) is 0 Å². The number of carbonyl (C=O) groups is 1. The maximum Gasteiger partial charge on any atom is 0.327 e. The lowest BCUT2D eigenvalue weighted by atomic mass is 10.0. The van der Waals surface area contributed by atoms with Crippen molar-refractivity contribution in [1.82, 2.24) is 4.57 Å². The molecule has 0 spiro atoms. The zero-order valence-corrected chi connectivity index (χ0v) is 12.5. The van der Waals surface area contributed by atoms with Gasteiger partial charge in [0.25, 0.3) is 0 Å². The average molecular weight is 274 g/mol. The molecule has 4 nitrogen and oxygen atoms in total. The molecule has 2 aromatic rings. The lowest BCUT2D eigenvalue weighted by Crippen LogP contribution is -2.23. The van der Waals surface area contributed by atoms with Crippen LogP contribution < -0.4 is 5.73 Å². The molecule has 2 N–H and O–H groups in total. The largest absolute Gasteiger partial charge is 0.465 e. The van der Waals surface area contributed by atoms with Crippen LogP contribution in [0.5, 0.6) is 0 Å². The minimum Gasteiger partial charge on any atom is -0.465 e. The smallest absolute Gasteiger partial charge is 0.327 e. The molecule has 0 fully saturated rings. The van der Waals surface area contributed by atoms with Gasteiger partial charge >= 0.3 is 5.97 Å². The Balaban J connectivity index is 2.61. The Kier molecular flexibility index (Phi) is 4.14. The van der Waals surface area contributed by atoms with E-state index in [9.17, 15) is 4.79 Å². The van der Waals surface area contributed by atoms with Gasteiger partial charge in [-0.1, -0.05) is 12.1 Å². The molecule has 1 unspecified atom stereocenters. The van der Waals surface area contributed by atoms with Crippen LogP contribution in [0.3, 0.4) is 0 Å². The minimum atomic E-state index is -0.737. The molecule has 1 aromatic carbocycles. The van der Waals surface area contributed by atoms with Crippen molar-refractivity contribution in [2.45, 2.75) is 39.8 Å². The normalized spacial score (nSPS) is 12.9. The molecule has 0 aliphatic rings. The van der Waals surface area contributed by atoms with Crippen molar-refractivity contribution in [3.8, 4) is 0 Å². The van der Waals surface area contributed by atoms with Gasteiger partial charge in [-0.3, -0.25) is 0 Å². The number of fused-ring (bicyclic) bond motifs is 1. The highest BCUT2D eigenvalue weighted by atomic mass is 16.5. The van der Waals surface area contributed by atoms with Gasteiger partial charge in [0.05, 0.1) is 6.61 Å². The summed E-state index contributed by atoms with van der Waals surface area (Å²) in [5, 5.41) is 1.06. The lowest BCUT2D eigenvalue weighted by molar-refractivity contribution is -0.144. The van der Waals surface area contributed by atoms with Crippen molar-refractivity contribution in [3.05, 3.63) is 35.5 Å². The van der Waals surface area contributed by atoms with Crippen LogP contribution in [-0.4, -0.2) is 17.1 Å². The van der Waals surface area contributed by atoms with Crippen LogP contribution in [0.15, 0.2) is 24.4 Å². The summed E-state index contributed by atoms with van der Waals surface area (Å²) >= 11 is 0. The molecular formula is C16H22N2O2. The zero-order chi connectivity index (χ0) is 14.9. The summed E-state index contributed by atoms with van der Waals surface area (Å²) in [4.78, 5) is 11.9. The molecule has 20 heavy (non-hydrogen) atoms. The van der Waals surface area contributed by atoms with E-state index in [1.165, 1.54) is 0 Å². The van der Waals surface area contributed by atoms with Crippen LogP contribution in [0.25, 0.3) is 10.9 Å². The van der Waals surface area contributed by atoms with Crippen LogP contribution in [0, 0.1) is 6.92 Å². The molecule has 0 bridgehead atoms. The quantitative estimate of drug-likeness (QED) is 0.872. The van der Waals surface area contributed by atoms with E-state index in [4.69, 9.17) is 10.5 Å². The van der Waals surface area contributed by atoms with Gasteiger partial charge in [-0.25, -0.2) is 4.79 Å². The van der Waals surface area contributed by atoms with Gasteiger partial charge in [-0.05, 0) is 39.3 Å². The number of carbonyl (C=O) groups excluding carboxylic acids is 1. The highest BCUT2D eigenvalue weighted by Crippen LogP contribution is 2.31. The van der Waals surface area contributed by atoms with E-state index in [1.807, 2.05) is 25.3 Å². The highest BCUT2D eigenvalue weighted by Gasteiger charge is 2.23. The molecular weight excluding hydrogens is 252 g/mol. The molecule has 1 heterocycles. The number of ether oxygens (including phenoxy) is 1. The van der Waals surface area contributed by atoms with Crippen molar-refractivity contribution in [3.63, 3.8) is 0 Å². The molecule has 0 saturated carbocycles.